The molecule has 0 saturated heterocycles. The maximum absolute atomic E-state index is 11.5. The number of carbonyl (C=O) groups is 1. The number of carbonyl (C=O) groups excluding carboxylic acids is 1. The highest BCUT2D eigenvalue weighted by Gasteiger charge is 2.11. The SMILES string of the molecule is CCOC(=O)Cc1csc(NN=Cc2ccc(-c3ccc4c(c3)OCCCO4)cc2)n1. The van der Waals surface area contributed by atoms with Gasteiger partial charge in [-0.2, -0.15) is 5.10 Å². The summed E-state index contributed by atoms with van der Waals surface area (Å²) in [7, 11) is 0. The van der Waals surface area contributed by atoms with Gasteiger partial charge in [0, 0.05) is 11.8 Å². The highest BCUT2D eigenvalue weighted by molar-refractivity contribution is 7.13. The number of hydrogen-bond donors (Lipinski definition) is 1. The lowest BCUT2D eigenvalue weighted by Crippen LogP contribution is -2.07. The molecule has 0 spiro atoms. The molecule has 1 aromatic heterocycles. The molecule has 1 N–H and O–H groups in total. The topological polar surface area (TPSA) is 82.0 Å². The highest BCUT2D eigenvalue weighted by Crippen LogP contribution is 2.34. The van der Waals surface area contributed by atoms with Crippen molar-refractivity contribution in [1.29, 1.82) is 0 Å². The second-order valence-electron chi connectivity index (χ2n) is 6.83. The normalized spacial score (nSPS) is 13.1. The minimum atomic E-state index is -0.281. The van der Waals surface area contributed by atoms with Crippen LogP contribution in [0.25, 0.3) is 11.1 Å². The van der Waals surface area contributed by atoms with Gasteiger partial charge in [0.1, 0.15) is 0 Å². The lowest BCUT2D eigenvalue weighted by atomic mass is 10.0. The summed E-state index contributed by atoms with van der Waals surface area (Å²) in [4.78, 5) is 15.8. The molecule has 160 valence electrons. The number of ether oxygens (including phenoxy) is 3. The molecule has 0 radical (unpaired) electrons. The number of nitrogens with zero attached hydrogens (tertiary/aromatic N) is 2. The van der Waals surface area contributed by atoms with E-state index in [1.54, 1.807) is 13.1 Å². The quantitative estimate of drug-likeness (QED) is 0.332. The summed E-state index contributed by atoms with van der Waals surface area (Å²) in [6.45, 7) is 3.50. The number of esters is 1. The van der Waals surface area contributed by atoms with E-state index in [9.17, 15) is 4.79 Å². The van der Waals surface area contributed by atoms with Crippen LogP contribution in [0, 0.1) is 0 Å². The number of aromatic nitrogens is 1. The molecular weight excluding hydrogens is 414 g/mol. The summed E-state index contributed by atoms with van der Waals surface area (Å²) in [5, 5.41) is 6.67. The first-order valence-corrected chi connectivity index (χ1v) is 11.0. The highest BCUT2D eigenvalue weighted by atomic mass is 32.1. The van der Waals surface area contributed by atoms with Gasteiger partial charge >= 0.3 is 5.97 Å². The first-order chi connectivity index (χ1) is 15.2. The first-order valence-electron chi connectivity index (χ1n) is 10.1. The molecule has 1 aliphatic rings. The van der Waals surface area contributed by atoms with Crippen molar-refractivity contribution in [3.63, 3.8) is 0 Å². The van der Waals surface area contributed by atoms with Crippen LogP contribution in [-0.2, 0) is 16.0 Å². The maximum Gasteiger partial charge on any atom is 0.311 e. The predicted molar refractivity (Wildman–Crippen MR) is 121 cm³/mol. The van der Waals surface area contributed by atoms with Gasteiger partial charge in [-0.15, -0.1) is 11.3 Å². The summed E-state index contributed by atoms with van der Waals surface area (Å²) in [5.41, 5.74) is 6.68. The van der Waals surface area contributed by atoms with E-state index in [0.717, 1.165) is 34.6 Å². The molecule has 7 nitrogen and oxygen atoms in total. The lowest BCUT2D eigenvalue weighted by Gasteiger charge is -2.09. The molecule has 0 atom stereocenters. The van der Waals surface area contributed by atoms with E-state index in [-0.39, 0.29) is 12.4 Å². The van der Waals surface area contributed by atoms with Crippen molar-refractivity contribution in [2.24, 2.45) is 5.10 Å². The van der Waals surface area contributed by atoms with Crippen molar-refractivity contribution in [2.45, 2.75) is 19.8 Å². The zero-order chi connectivity index (χ0) is 21.5. The summed E-state index contributed by atoms with van der Waals surface area (Å²) in [6, 6.07) is 14.1. The number of fused-ring (bicyclic) bond motifs is 1. The Hall–Kier alpha value is -3.39. The van der Waals surface area contributed by atoms with Crippen LogP contribution < -0.4 is 14.9 Å². The number of hydrazone groups is 1. The van der Waals surface area contributed by atoms with Gasteiger partial charge in [0.25, 0.3) is 0 Å². The molecule has 0 bridgehead atoms. The fourth-order valence-electron chi connectivity index (χ4n) is 3.07. The van der Waals surface area contributed by atoms with Crippen molar-refractivity contribution in [3.05, 3.63) is 59.1 Å². The Morgan fingerprint density at radius 2 is 1.94 bits per heavy atom. The molecule has 8 heteroatoms. The average molecular weight is 438 g/mol. The van der Waals surface area contributed by atoms with Crippen molar-refractivity contribution in [3.8, 4) is 22.6 Å². The Morgan fingerprint density at radius 1 is 1.16 bits per heavy atom. The Labute approximate surface area is 184 Å². The van der Waals surface area contributed by atoms with E-state index in [0.29, 0.717) is 30.6 Å². The van der Waals surface area contributed by atoms with Gasteiger partial charge < -0.3 is 14.2 Å². The Kier molecular flexibility index (Phi) is 6.78. The smallest absolute Gasteiger partial charge is 0.311 e. The molecule has 0 fully saturated rings. The van der Waals surface area contributed by atoms with Crippen LogP contribution in [0.4, 0.5) is 5.13 Å². The second kappa shape index (κ2) is 10.1. The van der Waals surface area contributed by atoms with E-state index in [1.165, 1.54) is 11.3 Å². The first kappa shape index (κ1) is 20.9. The van der Waals surface area contributed by atoms with Gasteiger partial charge in [0.2, 0.25) is 5.13 Å². The van der Waals surface area contributed by atoms with Crippen LogP contribution in [0.2, 0.25) is 0 Å². The van der Waals surface area contributed by atoms with Crippen LogP contribution >= 0.6 is 11.3 Å². The number of rotatable bonds is 7. The lowest BCUT2D eigenvalue weighted by molar-refractivity contribution is -0.142. The van der Waals surface area contributed by atoms with E-state index in [1.807, 2.05) is 47.8 Å². The van der Waals surface area contributed by atoms with Gasteiger partial charge in [0.05, 0.1) is 38.1 Å². The van der Waals surface area contributed by atoms with Gasteiger partial charge in [-0.05, 0) is 35.7 Å². The zero-order valence-corrected chi connectivity index (χ0v) is 18.0. The number of hydrogen-bond acceptors (Lipinski definition) is 8. The monoisotopic (exact) mass is 437 g/mol. The second-order valence-corrected chi connectivity index (χ2v) is 7.69. The number of nitrogens with one attached hydrogen (secondary N) is 1. The Bertz CT molecular complexity index is 1060. The maximum atomic E-state index is 11.5. The molecule has 2 heterocycles. The molecule has 2 aromatic carbocycles. The standard InChI is InChI=1S/C23H23N3O4S/c1-2-28-22(27)13-19-15-31-23(25-19)26-24-14-16-4-6-17(7-5-16)18-8-9-20-21(12-18)30-11-3-10-29-20/h4-9,12,14-15H,2-3,10-11,13H2,1H3,(H,25,26). The van der Waals surface area contributed by atoms with E-state index in [2.05, 4.69) is 15.5 Å². The van der Waals surface area contributed by atoms with E-state index in [4.69, 9.17) is 14.2 Å². The summed E-state index contributed by atoms with van der Waals surface area (Å²) in [5.74, 6) is 1.30. The van der Waals surface area contributed by atoms with Crippen LogP contribution in [0.5, 0.6) is 11.5 Å². The van der Waals surface area contributed by atoms with Crippen molar-refractivity contribution < 1.29 is 19.0 Å². The number of thiazole rings is 1. The molecule has 31 heavy (non-hydrogen) atoms. The van der Waals surface area contributed by atoms with Crippen molar-refractivity contribution in [2.75, 3.05) is 25.2 Å². The third-order valence-electron chi connectivity index (χ3n) is 4.55. The van der Waals surface area contributed by atoms with Crippen LogP contribution in [0.15, 0.2) is 52.9 Å². The molecule has 0 amide bonds. The summed E-state index contributed by atoms with van der Waals surface area (Å²) < 4.78 is 16.4. The van der Waals surface area contributed by atoms with Crippen LogP contribution in [0.1, 0.15) is 24.6 Å². The van der Waals surface area contributed by atoms with Gasteiger partial charge in [-0.3, -0.25) is 10.2 Å². The fraction of sp³-hybridized carbons (Fsp3) is 0.261. The van der Waals surface area contributed by atoms with E-state index < -0.39 is 0 Å². The van der Waals surface area contributed by atoms with Crippen molar-refractivity contribution in [1.82, 2.24) is 4.98 Å². The Morgan fingerprint density at radius 3 is 2.74 bits per heavy atom. The van der Waals surface area contributed by atoms with Gasteiger partial charge in [-0.1, -0.05) is 30.3 Å². The molecule has 3 aromatic rings. The van der Waals surface area contributed by atoms with Gasteiger partial charge in [0.15, 0.2) is 11.5 Å². The minimum Gasteiger partial charge on any atom is -0.490 e. The van der Waals surface area contributed by atoms with E-state index >= 15 is 0 Å². The predicted octanol–water partition coefficient (Wildman–Crippen LogP) is 4.52. The van der Waals surface area contributed by atoms with Crippen LogP contribution in [0.3, 0.4) is 0 Å². The van der Waals surface area contributed by atoms with Crippen LogP contribution in [-0.4, -0.2) is 37.0 Å². The fourth-order valence-corrected chi connectivity index (χ4v) is 3.73. The molecule has 4 rings (SSSR count). The Balaban J connectivity index is 1.36. The third-order valence-corrected chi connectivity index (χ3v) is 5.34. The summed E-state index contributed by atoms with van der Waals surface area (Å²) >= 11 is 1.39. The van der Waals surface area contributed by atoms with Crippen molar-refractivity contribution >= 4 is 28.7 Å². The average Bonchev–Trinajstić information content (AvgIpc) is 3.08. The molecular formula is C23H23N3O4S. The van der Waals surface area contributed by atoms with Gasteiger partial charge in [-0.25, -0.2) is 4.98 Å². The minimum absolute atomic E-state index is 0.164. The number of anilines is 1. The number of benzene rings is 2. The largest absolute Gasteiger partial charge is 0.490 e. The third kappa shape index (κ3) is 5.61. The molecule has 0 unspecified atom stereocenters. The molecule has 0 aliphatic carbocycles. The summed E-state index contributed by atoms with van der Waals surface area (Å²) in [6.07, 6.45) is 2.78. The zero-order valence-electron chi connectivity index (χ0n) is 17.2. The molecule has 0 saturated carbocycles. The molecule has 1 aliphatic heterocycles.